The minimum absolute atomic E-state index is 0.426. The van der Waals surface area contributed by atoms with E-state index < -0.39 is 0 Å². The molecule has 2 nitrogen and oxygen atoms in total. The second-order valence-corrected chi connectivity index (χ2v) is 4.58. The standard InChI is InChI=1S/C10H18N2.2C2H6/c1-10(2,3)6-5-9-7-11-12(4)8-9;2*1-2/h7-8H,5-6H2,1-4H3;2*1-2H3. The first-order valence-corrected chi connectivity index (χ1v) is 6.45. The average molecular weight is 226 g/mol. The van der Waals surface area contributed by atoms with Crippen LogP contribution in [0.2, 0.25) is 0 Å². The Labute approximate surface area is 102 Å². The summed E-state index contributed by atoms with van der Waals surface area (Å²) in [5.74, 6) is 0. The Balaban J connectivity index is 0. The van der Waals surface area contributed by atoms with Gasteiger partial charge in [0.15, 0.2) is 0 Å². The first kappa shape index (κ1) is 17.6. The fraction of sp³-hybridized carbons (Fsp3) is 0.786. The summed E-state index contributed by atoms with van der Waals surface area (Å²) < 4.78 is 1.86. The summed E-state index contributed by atoms with van der Waals surface area (Å²) >= 11 is 0. The van der Waals surface area contributed by atoms with E-state index in [0.717, 1.165) is 6.42 Å². The smallest absolute Gasteiger partial charge is 0.0521 e. The highest BCUT2D eigenvalue weighted by Gasteiger charge is 2.10. The Bertz CT molecular complexity index is 243. The number of hydrogen-bond donors (Lipinski definition) is 0. The molecule has 0 spiro atoms. The fourth-order valence-electron chi connectivity index (χ4n) is 1.12. The van der Waals surface area contributed by atoms with E-state index in [4.69, 9.17) is 0 Å². The van der Waals surface area contributed by atoms with Gasteiger partial charge in [0.05, 0.1) is 6.20 Å². The Hall–Kier alpha value is -0.790. The van der Waals surface area contributed by atoms with Crippen molar-refractivity contribution in [1.29, 1.82) is 0 Å². The minimum Gasteiger partial charge on any atom is -0.276 e. The van der Waals surface area contributed by atoms with Crippen LogP contribution < -0.4 is 0 Å². The molecule has 1 rings (SSSR count). The molecule has 0 fully saturated rings. The normalized spacial score (nSPS) is 9.75. The zero-order chi connectivity index (χ0) is 13.2. The molecule has 0 bridgehead atoms. The van der Waals surface area contributed by atoms with Crippen LogP contribution in [-0.4, -0.2) is 9.78 Å². The summed E-state index contributed by atoms with van der Waals surface area (Å²) in [7, 11) is 1.96. The molecule has 0 saturated carbocycles. The highest BCUT2D eigenvalue weighted by molar-refractivity contribution is 5.03. The zero-order valence-corrected chi connectivity index (χ0v) is 12.5. The van der Waals surface area contributed by atoms with Gasteiger partial charge < -0.3 is 0 Å². The lowest BCUT2D eigenvalue weighted by Gasteiger charge is -2.16. The third kappa shape index (κ3) is 9.75. The SMILES string of the molecule is CC.CC.Cn1cc(CCC(C)(C)C)cn1. The van der Waals surface area contributed by atoms with Gasteiger partial charge >= 0.3 is 0 Å². The van der Waals surface area contributed by atoms with Crippen molar-refractivity contribution in [3.8, 4) is 0 Å². The molecule has 16 heavy (non-hydrogen) atoms. The second-order valence-electron chi connectivity index (χ2n) is 4.58. The Kier molecular flexibility index (Phi) is 10.4. The van der Waals surface area contributed by atoms with E-state index >= 15 is 0 Å². The molecular weight excluding hydrogens is 196 g/mol. The molecule has 0 atom stereocenters. The van der Waals surface area contributed by atoms with Crippen LogP contribution in [0.15, 0.2) is 12.4 Å². The van der Waals surface area contributed by atoms with Gasteiger partial charge in [-0.2, -0.15) is 5.10 Å². The monoisotopic (exact) mass is 226 g/mol. The van der Waals surface area contributed by atoms with Gasteiger partial charge in [-0.3, -0.25) is 4.68 Å². The number of hydrogen-bond acceptors (Lipinski definition) is 1. The van der Waals surface area contributed by atoms with Crippen LogP contribution in [0, 0.1) is 5.41 Å². The molecule has 0 N–H and O–H groups in total. The van der Waals surface area contributed by atoms with Crippen molar-refractivity contribution >= 4 is 0 Å². The molecule has 0 aromatic carbocycles. The van der Waals surface area contributed by atoms with Crippen LogP contribution in [0.5, 0.6) is 0 Å². The second kappa shape index (κ2) is 9.44. The average Bonchev–Trinajstić information content (AvgIpc) is 2.66. The topological polar surface area (TPSA) is 17.8 Å². The van der Waals surface area contributed by atoms with E-state index in [1.807, 2.05) is 45.6 Å². The van der Waals surface area contributed by atoms with Crippen LogP contribution in [-0.2, 0) is 13.5 Å². The van der Waals surface area contributed by atoms with Gasteiger partial charge in [-0.25, -0.2) is 0 Å². The largest absolute Gasteiger partial charge is 0.276 e. The van der Waals surface area contributed by atoms with Crippen LogP contribution >= 0.6 is 0 Å². The molecule has 2 heteroatoms. The molecule has 0 aliphatic heterocycles. The highest BCUT2D eigenvalue weighted by Crippen LogP contribution is 2.20. The Morgan fingerprint density at radius 1 is 1.12 bits per heavy atom. The van der Waals surface area contributed by atoms with Crippen molar-refractivity contribution < 1.29 is 0 Å². The summed E-state index contributed by atoms with van der Waals surface area (Å²) in [6.07, 6.45) is 6.40. The quantitative estimate of drug-likeness (QED) is 0.728. The predicted molar refractivity (Wildman–Crippen MR) is 73.7 cm³/mol. The Morgan fingerprint density at radius 3 is 1.94 bits per heavy atom. The number of rotatable bonds is 2. The van der Waals surface area contributed by atoms with Crippen LogP contribution in [0.3, 0.4) is 0 Å². The predicted octanol–water partition coefficient (Wildman–Crippen LogP) is 4.45. The Morgan fingerprint density at radius 2 is 1.62 bits per heavy atom. The molecular formula is C14H30N2. The van der Waals surface area contributed by atoms with Gasteiger partial charge in [-0.05, 0) is 23.8 Å². The summed E-state index contributed by atoms with van der Waals surface area (Å²) in [6.45, 7) is 14.8. The molecule has 1 aromatic heterocycles. The van der Waals surface area contributed by atoms with Gasteiger partial charge in [0.1, 0.15) is 0 Å². The van der Waals surface area contributed by atoms with Crippen molar-refractivity contribution in [1.82, 2.24) is 9.78 Å². The fourth-order valence-corrected chi connectivity index (χ4v) is 1.12. The van der Waals surface area contributed by atoms with Gasteiger partial charge in [0, 0.05) is 13.2 Å². The van der Waals surface area contributed by atoms with Crippen molar-refractivity contribution in [3.05, 3.63) is 18.0 Å². The summed E-state index contributed by atoms with van der Waals surface area (Å²) in [5, 5.41) is 4.13. The molecule has 0 saturated heterocycles. The molecule has 0 aliphatic carbocycles. The van der Waals surface area contributed by atoms with Crippen LogP contribution in [0.25, 0.3) is 0 Å². The van der Waals surface area contributed by atoms with E-state index in [1.165, 1.54) is 12.0 Å². The van der Waals surface area contributed by atoms with Crippen LogP contribution in [0.4, 0.5) is 0 Å². The lowest BCUT2D eigenvalue weighted by atomic mass is 9.89. The molecule has 0 radical (unpaired) electrons. The van der Waals surface area contributed by atoms with E-state index in [2.05, 4.69) is 32.1 Å². The maximum atomic E-state index is 4.13. The lowest BCUT2D eigenvalue weighted by Crippen LogP contribution is -2.05. The van der Waals surface area contributed by atoms with Gasteiger partial charge in [0.25, 0.3) is 0 Å². The van der Waals surface area contributed by atoms with E-state index in [-0.39, 0.29) is 0 Å². The summed E-state index contributed by atoms with van der Waals surface area (Å²) in [5.41, 5.74) is 1.77. The maximum absolute atomic E-state index is 4.13. The number of nitrogens with zero attached hydrogens (tertiary/aromatic N) is 2. The first-order valence-electron chi connectivity index (χ1n) is 6.45. The molecule has 0 aliphatic rings. The van der Waals surface area contributed by atoms with Crippen molar-refractivity contribution in [2.75, 3.05) is 0 Å². The third-order valence-corrected chi connectivity index (χ3v) is 1.92. The van der Waals surface area contributed by atoms with E-state index in [9.17, 15) is 0 Å². The summed E-state index contributed by atoms with van der Waals surface area (Å²) in [6, 6.07) is 0. The molecule has 1 aromatic rings. The number of aromatic nitrogens is 2. The number of aryl methyl sites for hydroxylation is 2. The van der Waals surface area contributed by atoms with Crippen molar-refractivity contribution in [2.24, 2.45) is 12.5 Å². The summed E-state index contributed by atoms with van der Waals surface area (Å²) in [4.78, 5) is 0. The third-order valence-electron chi connectivity index (χ3n) is 1.92. The van der Waals surface area contributed by atoms with Gasteiger partial charge in [-0.15, -0.1) is 0 Å². The first-order chi connectivity index (χ1) is 7.47. The van der Waals surface area contributed by atoms with E-state index in [1.54, 1.807) is 0 Å². The van der Waals surface area contributed by atoms with Crippen LogP contribution in [0.1, 0.15) is 60.5 Å². The van der Waals surface area contributed by atoms with Crippen molar-refractivity contribution in [2.45, 2.75) is 61.3 Å². The highest BCUT2D eigenvalue weighted by atomic mass is 15.2. The molecule has 96 valence electrons. The van der Waals surface area contributed by atoms with Gasteiger partial charge in [0.2, 0.25) is 0 Å². The zero-order valence-electron chi connectivity index (χ0n) is 12.5. The minimum atomic E-state index is 0.426. The van der Waals surface area contributed by atoms with E-state index in [0.29, 0.717) is 5.41 Å². The van der Waals surface area contributed by atoms with Gasteiger partial charge in [-0.1, -0.05) is 48.5 Å². The lowest BCUT2D eigenvalue weighted by molar-refractivity contribution is 0.378. The molecule has 0 unspecified atom stereocenters. The van der Waals surface area contributed by atoms with Crippen molar-refractivity contribution in [3.63, 3.8) is 0 Å². The molecule has 1 heterocycles. The maximum Gasteiger partial charge on any atom is 0.0521 e. The molecule has 0 amide bonds.